The molecule has 0 aliphatic heterocycles. The summed E-state index contributed by atoms with van der Waals surface area (Å²) in [6.07, 6.45) is 0. The van der Waals surface area contributed by atoms with Crippen molar-refractivity contribution in [1.29, 1.82) is 0 Å². The third-order valence-electron chi connectivity index (χ3n) is 1.51. The molecule has 0 aliphatic carbocycles. The van der Waals surface area contributed by atoms with Gasteiger partial charge in [-0.2, -0.15) is 0 Å². The first-order valence-electron chi connectivity index (χ1n) is 3.86. The molecule has 0 rings (SSSR count). The third-order valence-corrected chi connectivity index (χ3v) is 1.51. The second kappa shape index (κ2) is 5.18. The summed E-state index contributed by atoms with van der Waals surface area (Å²) >= 11 is 0. The van der Waals surface area contributed by atoms with Crippen LogP contribution >= 0.6 is 0 Å². The van der Waals surface area contributed by atoms with Gasteiger partial charge in [0.15, 0.2) is 5.82 Å². The SMILES string of the molecule is C=N/C(NC)=C(/C(=O)NC)N(C)C. The van der Waals surface area contributed by atoms with Crippen LogP contribution in [0.5, 0.6) is 0 Å². The number of aliphatic imine (C=N–C) groups is 1. The summed E-state index contributed by atoms with van der Waals surface area (Å²) in [6.45, 7) is 3.37. The summed E-state index contributed by atoms with van der Waals surface area (Å²) in [4.78, 5) is 16.8. The fourth-order valence-corrected chi connectivity index (χ4v) is 0.913. The first kappa shape index (κ1) is 11.5. The van der Waals surface area contributed by atoms with Gasteiger partial charge in [0, 0.05) is 28.2 Å². The van der Waals surface area contributed by atoms with Crippen LogP contribution in [0.25, 0.3) is 0 Å². The van der Waals surface area contributed by atoms with Gasteiger partial charge in [-0.05, 0) is 6.72 Å². The van der Waals surface area contributed by atoms with Gasteiger partial charge in [-0.15, -0.1) is 0 Å². The summed E-state index contributed by atoms with van der Waals surface area (Å²) in [5, 5.41) is 5.33. The van der Waals surface area contributed by atoms with Crippen LogP contribution in [0.4, 0.5) is 0 Å². The zero-order chi connectivity index (χ0) is 10.4. The van der Waals surface area contributed by atoms with E-state index in [0.29, 0.717) is 11.5 Å². The molecule has 0 aliphatic rings. The molecule has 0 radical (unpaired) electrons. The van der Waals surface area contributed by atoms with E-state index in [4.69, 9.17) is 0 Å². The molecule has 0 bridgehead atoms. The van der Waals surface area contributed by atoms with E-state index in [1.807, 2.05) is 0 Å². The molecule has 0 unspecified atom stereocenters. The Hall–Kier alpha value is -1.52. The average Bonchev–Trinajstić information content (AvgIpc) is 2.12. The second-order valence-electron chi connectivity index (χ2n) is 2.58. The smallest absolute Gasteiger partial charge is 0.271 e. The molecule has 5 heteroatoms. The van der Waals surface area contributed by atoms with Crippen molar-refractivity contribution in [3.63, 3.8) is 0 Å². The van der Waals surface area contributed by atoms with Gasteiger partial charge in [0.1, 0.15) is 5.70 Å². The predicted molar refractivity (Wildman–Crippen MR) is 53.4 cm³/mol. The summed E-state index contributed by atoms with van der Waals surface area (Å²) in [6, 6.07) is 0. The largest absolute Gasteiger partial charge is 0.371 e. The summed E-state index contributed by atoms with van der Waals surface area (Å²) < 4.78 is 0. The Morgan fingerprint density at radius 3 is 2.08 bits per heavy atom. The van der Waals surface area contributed by atoms with Gasteiger partial charge in [0.2, 0.25) is 0 Å². The van der Waals surface area contributed by atoms with Gasteiger partial charge < -0.3 is 15.5 Å². The number of carbonyl (C=O) groups is 1. The van der Waals surface area contributed by atoms with E-state index in [1.54, 1.807) is 33.1 Å². The molecule has 2 N–H and O–H groups in total. The van der Waals surface area contributed by atoms with Crippen molar-refractivity contribution in [2.24, 2.45) is 4.99 Å². The van der Waals surface area contributed by atoms with E-state index in [-0.39, 0.29) is 5.91 Å². The van der Waals surface area contributed by atoms with Gasteiger partial charge in [0.05, 0.1) is 0 Å². The highest BCUT2D eigenvalue weighted by molar-refractivity contribution is 5.93. The van der Waals surface area contributed by atoms with E-state index < -0.39 is 0 Å². The summed E-state index contributed by atoms with van der Waals surface area (Å²) in [5.74, 6) is 0.270. The van der Waals surface area contributed by atoms with Crippen LogP contribution in [0.15, 0.2) is 16.5 Å². The van der Waals surface area contributed by atoms with Gasteiger partial charge in [-0.3, -0.25) is 4.79 Å². The van der Waals surface area contributed by atoms with E-state index in [9.17, 15) is 4.79 Å². The second-order valence-corrected chi connectivity index (χ2v) is 2.58. The number of hydrogen-bond acceptors (Lipinski definition) is 4. The number of hydrogen-bond donors (Lipinski definition) is 2. The molecule has 0 heterocycles. The molecule has 13 heavy (non-hydrogen) atoms. The minimum absolute atomic E-state index is 0.193. The molecule has 0 aromatic carbocycles. The minimum Gasteiger partial charge on any atom is -0.371 e. The van der Waals surface area contributed by atoms with Crippen LogP contribution in [0.2, 0.25) is 0 Å². The number of carbonyl (C=O) groups excluding carboxylic acids is 1. The third kappa shape index (κ3) is 2.77. The molecule has 0 aromatic rings. The molecule has 0 saturated carbocycles. The van der Waals surface area contributed by atoms with Crippen LogP contribution in [-0.2, 0) is 4.79 Å². The van der Waals surface area contributed by atoms with Gasteiger partial charge in [-0.25, -0.2) is 4.99 Å². The molecular weight excluding hydrogens is 168 g/mol. The van der Waals surface area contributed by atoms with E-state index in [1.165, 1.54) is 0 Å². The number of amides is 1. The lowest BCUT2D eigenvalue weighted by Crippen LogP contribution is -2.31. The fraction of sp³-hybridized carbons (Fsp3) is 0.500. The normalized spacial score (nSPS) is 11.4. The molecule has 0 fully saturated rings. The van der Waals surface area contributed by atoms with Crippen molar-refractivity contribution in [2.45, 2.75) is 0 Å². The Labute approximate surface area is 78.5 Å². The van der Waals surface area contributed by atoms with Gasteiger partial charge in [-0.1, -0.05) is 0 Å². The topological polar surface area (TPSA) is 56.7 Å². The van der Waals surface area contributed by atoms with Crippen molar-refractivity contribution >= 4 is 12.6 Å². The van der Waals surface area contributed by atoms with E-state index in [2.05, 4.69) is 22.3 Å². The molecule has 0 aromatic heterocycles. The van der Waals surface area contributed by atoms with Crippen molar-refractivity contribution in [1.82, 2.24) is 15.5 Å². The lowest BCUT2D eigenvalue weighted by Gasteiger charge is -2.17. The highest BCUT2D eigenvalue weighted by Crippen LogP contribution is 2.04. The molecule has 0 atom stereocenters. The highest BCUT2D eigenvalue weighted by atomic mass is 16.2. The first-order chi connectivity index (χ1) is 6.08. The minimum atomic E-state index is -0.193. The fourth-order valence-electron chi connectivity index (χ4n) is 0.913. The van der Waals surface area contributed by atoms with Crippen LogP contribution in [0.1, 0.15) is 0 Å². The van der Waals surface area contributed by atoms with E-state index in [0.717, 1.165) is 0 Å². The summed E-state index contributed by atoms with van der Waals surface area (Å²) in [5.41, 5.74) is 0.458. The van der Waals surface area contributed by atoms with Crippen LogP contribution in [0.3, 0.4) is 0 Å². The maximum absolute atomic E-state index is 11.4. The van der Waals surface area contributed by atoms with Crippen LogP contribution in [0, 0.1) is 0 Å². The molecule has 0 saturated heterocycles. The van der Waals surface area contributed by atoms with Crippen molar-refractivity contribution < 1.29 is 4.79 Å². The maximum atomic E-state index is 11.4. The Kier molecular flexibility index (Phi) is 4.58. The van der Waals surface area contributed by atoms with E-state index >= 15 is 0 Å². The highest BCUT2D eigenvalue weighted by Gasteiger charge is 2.14. The quantitative estimate of drug-likeness (QED) is 0.452. The number of likely N-dealkylation sites (N-methyl/N-ethyl adjacent to an activating group) is 2. The molecule has 74 valence electrons. The predicted octanol–water partition coefficient (Wildman–Crippen LogP) is -0.617. The molecule has 1 amide bonds. The Morgan fingerprint density at radius 1 is 1.31 bits per heavy atom. The first-order valence-corrected chi connectivity index (χ1v) is 3.86. The zero-order valence-electron chi connectivity index (χ0n) is 8.51. The van der Waals surface area contributed by atoms with Gasteiger partial charge in [0.25, 0.3) is 5.91 Å². The van der Waals surface area contributed by atoms with Crippen molar-refractivity contribution in [3.05, 3.63) is 11.5 Å². The average molecular weight is 184 g/mol. The van der Waals surface area contributed by atoms with Crippen molar-refractivity contribution in [3.8, 4) is 0 Å². The Bertz CT molecular complexity index is 232. The zero-order valence-corrected chi connectivity index (χ0v) is 8.51. The van der Waals surface area contributed by atoms with Crippen molar-refractivity contribution in [2.75, 3.05) is 28.2 Å². The molecule has 0 spiro atoms. The van der Waals surface area contributed by atoms with Crippen LogP contribution in [-0.4, -0.2) is 45.7 Å². The lowest BCUT2D eigenvalue weighted by atomic mass is 10.3. The Balaban J connectivity index is 5.08. The monoisotopic (exact) mass is 184 g/mol. The number of nitrogens with one attached hydrogen (secondary N) is 2. The lowest BCUT2D eigenvalue weighted by molar-refractivity contribution is -0.118. The maximum Gasteiger partial charge on any atom is 0.271 e. The standard InChI is InChI=1S/C8H16N4O/c1-9-7(10-2)6(12(4)5)8(13)11-3/h10H,1H2,2-5H3,(H,11,13)/b7-6+. The van der Waals surface area contributed by atoms with Gasteiger partial charge >= 0.3 is 0 Å². The molecule has 5 nitrogen and oxygen atoms in total. The number of rotatable bonds is 4. The Morgan fingerprint density at radius 2 is 1.85 bits per heavy atom. The van der Waals surface area contributed by atoms with Crippen LogP contribution < -0.4 is 10.6 Å². The molecular formula is C8H16N4O. The number of nitrogens with zero attached hydrogens (tertiary/aromatic N) is 2. The summed E-state index contributed by atoms with van der Waals surface area (Å²) in [7, 11) is 6.80.